The Morgan fingerprint density at radius 2 is 0.762 bits per heavy atom. The first-order valence-electron chi connectivity index (χ1n) is 35.2. The fourth-order valence-electron chi connectivity index (χ4n) is 11.7. The lowest BCUT2D eigenvalue weighted by atomic mass is 9.97. The summed E-state index contributed by atoms with van der Waals surface area (Å²) >= 11 is 0. The summed E-state index contributed by atoms with van der Waals surface area (Å²) in [6.45, 7) is 2.82. The van der Waals surface area contributed by atoms with Gasteiger partial charge < -0.3 is 65.1 Å². The van der Waals surface area contributed by atoms with Gasteiger partial charge in [0.15, 0.2) is 12.6 Å². The van der Waals surface area contributed by atoms with Gasteiger partial charge >= 0.3 is 0 Å². The number of amides is 1. The molecule has 2 rings (SSSR count). The first-order valence-corrected chi connectivity index (χ1v) is 35.2. The molecule has 12 atom stereocenters. The van der Waals surface area contributed by atoms with E-state index in [-0.39, 0.29) is 18.9 Å². The van der Waals surface area contributed by atoms with Crippen LogP contribution in [0.25, 0.3) is 0 Å². The molecule has 2 aliphatic rings. The number of carbonyl (C=O) groups is 1. The molecule has 0 aliphatic carbocycles. The van der Waals surface area contributed by atoms with E-state index in [9.17, 15) is 45.6 Å². The number of allylic oxidation sites excluding steroid dienone is 5. The van der Waals surface area contributed by atoms with E-state index >= 15 is 0 Å². The van der Waals surface area contributed by atoms with Crippen molar-refractivity contribution >= 4 is 5.91 Å². The second kappa shape index (κ2) is 55.3. The van der Waals surface area contributed by atoms with Gasteiger partial charge in [-0.05, 0) is 44.9 Å². The summed E-state index contributed by atoms with van der Waals surface area (Å²) in [4.78, 5) is 13.3. The van der Waals surface area contributed by atoms with Gasteiger partial charge in [-0.15, -0.1) is 0 Å². The Labute approximate surface area is 512 Å². The number of hydrogen-bond acceptors (Lipinski definition) is 13. The molecule has 14 heteroatoms. The second-order valence-corrected chi connectivity index (χ2v) is 25.0. The maximum atomic E-state index is 13.3. The molecule has 0 spiro atoms. The van der Waals surface area contributed by atoms with Crippen molar-refractivity contribution in [2.24, 2.45) is 0 Å². The monoisotopic (exact) mass is 1190 g/mol. The summed E-state index contributed by atoms with van der Waals surface area (Å²) in [6.07, 6.45) is 53.5. The Morgan fingerprint density at radius 1 is 0.417 bits per heavy atom. The van der Waals surface area contributed by atoms with E-state index in [2.05, 4.69) is 43.5 Å². The van der Waals surface area contributed by atoms with Crippen LogP contribution in [0.2, 0.25) is 0 Å². The molecule has 2 fully saturated rings. The molecular formula is C70H131NO13. The predicted molar refractivity (Wildman–Crippen MR) is 341 cm³/mol. The topological polar surface area (TPSA) is 228 Å². The van der Waals surface area contributed by atoms with Gasteiger partial charge in [0, 0.05) is 6.42 Å². The third kappa shape index (κ3) is 39.3. The van der Waals surface area contributed by atoms with Crippen molar-refractivity contribution < 1.29 is 64.6 Å². The summed E-state index contributed by atoms with van der Waals surface area (Å²) in [7, 11) is 0. The summed E-state index contributed by atoms with van der Waals surface area (Å²) in [5.41, 5.74) is 0. The molecule has 2 aliphatic heterocycles. The van der Waals surface area contributed by atoms with Gasteiger partial charge in [0.2, 0.25) is 5.91 Å². The van der Waals surface area contributed by atoms with Crippen LogP contribution in [0, 0.1) is 0 Å². The van der Waals surface area contributed by atoms with Crippen LogP contribution in [0.5, 0.6) is 0 Å². The average molecular weight is 1190 g/mol. The normalized spacial score (nSPS) is 23.8. The van der Waals surface area contributed by atoms with Crippen LogP contribution in [-0.4, -0.2) is 140 Å². The number of unbranched alkanes of at least 4 members (excludes halogenated alkanes) is 41. The van der Waals surface area contributed by atoms with Crippen LogP contribution in [-0.2, 0) is 23.7 Å². The molecule has 0 bridgehead atoms. The van der Waals surface area contributed by atoms with Crippen LogP contribution < -0.4 is 5.32 Å². The number of rotatable bonds is 58. The summed E-state index contributed by atoms with van der Waals surface area (Å²) in [5.74, 6) is -0.247. The van der Waals surface area contributed by atoms with Crippen molar-refractivity contribution in [1.29, 1.82) is 0 Å². The maximum absolute atomic E-state index is 13.3. The quantitative estimate of drug-likeness (QED) is 0.0204. The molecule has 0 saturated carbocycles. The highest BCUT2D eigenvalue weighted by molar-refractivity contribution is 5.76. The molecule has 14 nitrogen and oxygen atoms in total. The summed E-state index contributed by atoms with van der Waals surface area (Å²) < 4.78 is 22.8. The SMILES string of the molecule is CCCCCCCCCCCCC/C=C/CC/C=C/CC/C=C/C(O)C(COC1OC(CO)C(OC2OC(CO)C(O)C(O)C2O)C(O)C1O)NC(=O)CCCCCCCCCCCCCCCCCCCCCCCCCCCCCCC. The Hall–Kier alpha value is -1.79. The second-order valence-electron chi connectivity index (χ2n) is 25.0. The molecule has 0 aromatic carbocycles. The molecular weight excluding hydrogens is 1060 g/mol. The molecule has 2 heterocycles. The Kier molecular flexibility index (Phi) is 51.5. The number of aliphatic hydroxyl groups is 8. The molecule has 12 unspecified atom stereocenters. The van der Waals surface area contributed by atoms with E-state index in [1.54, 1.807) is 6.08 Å². The first kappa shape index (κ1) is 78.3. The van der Waals surface area contributed by atoms with Crippen molar-refractivity contribution in [3.8, 4) is 0 Å². The standard InChI is InChI=1S/C70H131NO13/c1-3-5-7-9-11-13-15-17-19-21-23-25-26-27-28-29-30-31-32-34-36-38-40-42-44-46-48-50-52-54-62(75)71-58(59(74)53-51-49-47-45-43-41-39-37-35-33-24-22-20-18-16-14-12-10-8-6-4-2)57-81-69-67(80)65(78)68(61(56-73)83-69)84-70-66(79)64(77)63(76)60(55-72)82-70/h35,37,43,45,51,53,58-61,63-70,72-74,76-80H,3-34,36,38-42,44,46-50,52,54-57H2,1-2H3,(H,71,75)/b37-35+,45-43+,53-51+. The minimum absolute atomic E-state index is 0.247. The van der Waals surface area contributed by atoms with Crippen molar-refractivity contribution in [2.45, 2.75) is 383 Å². The Bertz CT molecular complexity index is 1550. The fourth-order valence-corrected chi connectivity index (χ4v) is 11.7. The molecule has 0 radical (unpaired) electrons. The van der Waals surface area contributed by atoms with E-state index < -0.39 is 86.8 Å². The maximum Gasteiger partial charge on any atom is 0.220 e. The fraction of sp³-hybridized carbons (Fsp3) is 0.900. The number of hydrogen-bond donors (Lipinski definition) is 9. The third-order valence-electron chi connectivity index (χ3n) is 17.3. The summed E-state index contributed by atoms with van der Waals surface area (Å²) in [6, 6.07) is -0.937. The van der Waals surface area contributed by atoms with Crippen molar-refractivity contribution in [1.82, 2.24) is 5.32 Å². The minimum atomic E-state index is -1.79. The molecule has 0 aromatic rings. The van der Waals surface area contributed by atoms with Gasteiger partial charge in [-0.2, -0.15) is 0 Å². The minimum Gasteiger partial charge on any atom is -0.394 e. The average Bonchev–Trinajstić information content (AvgIpc) is 3.67. The van der Waals surface area contributed by atoms with E-state index in [4.69, 9.17) is 18.9 Å². The van der Waals surface area contributed by atoms with Crippen molar-refractivity contribution in [3.05, 3.63) is 36.5 Å². The molecule has 84 heavy (non-hydrogen) atoms. The van der Waals surface area contributed by atoms with Crippen LogP contribution in [0.3, 0.4) is 0 Å². The number of aliphatic hydroxyl groups excluding tert-OH is 8. The van der Waals surface area contributed by atoms with Crippen LogP contribution >= 0.6 is 0 Å². The molecule has 9 N–H and O–H groups in total. The summed E-state index contributed by atoms with van der Waals surface area (Å²) in [5, 5.41) is 87.4. The predicted octanol–water partition coefficient (Wildman–Crippen LogP) is 14.1. The molecule has 2 saturated heterocycles. The zero-order valence-corrected chi connectivity index (χ0v) is 53.7. The van der Waals surface area contributed by atoms with E-state index in [0.717, 1.165) is 44.9 Å². The van der Waals surface area contributed by atoms with Gasteiger partial charge in [0.1, 0.15) is 48.8 Å². The lowest BCUT2D eigenvalue weighted by Gasteiger charge is -2.46. The number of carbonyl (C=O) groups excluding carboxylic acids is 1. The zero-order chi connectivity index (χ0) is 60.9. The Balaban J connectivity index is 1.68. The van der Waals surface area contributed by atoms with E-state index in [1.807, 2.05) is 6.08 Å². The third-order valence-corrected chi connectivity index (χ3v) is 17.3. The first-order chi connectivity index (χ1) is 41.1. The highest BCUT2D eigenvalue weighted by Gasteiger charge is 2.51. The van der Waals surface area contributed by atoms with Crippen molar-refractivity contribution in [2.75, 3.05) is 19.8 Å². The van der Waals surface area contributed by atoms with E-state index in [1.165, 1.54) is 231 Å². The van der Waals surface area contributed by atoms with Gasteiger partial charge in [0.05, 0.1) is 32.0 Å². The number of nitrogens with one attached hydrogen (secondary N) is 1. The lowest BCUT2D eigenvalue weighted by molar-refractivity contribution is -0.359. The smallest absolute Gasteiger partial charge is 0.220 e. The highest BCUT2D eigenvalue weighted by Crippen LogP contribution is 2.30. The van der Waals surface area contributed by atoms with Crippen LogP contribution in [0.15, 0.2) is 36.5 Å². The Morgan fingerprint density at radius 3 is 1.17 bits per heavy atom. The largest absolute Gasteiger partial charge is 0.394 e. The lowest BCUT2D eigenvalue weighted by Crippen LogP contribution is -2.65. The van der Waals surface area contributed by atoms with E-state index in [0.29, 0.717) is 12.8 Å². The van der Waals surface area contributed by atoms with Gasteiger partial charge in [0.25, 0.3) is 0 Å². The van der Waals surface area contributed by atoms with Crippen LogP contribution in [0.4, 0.5) is 0 Å². The van der Waals surface area contributed by atoms with Gasteiger partial charge in [-0.25, -0.2) is 0 Å². The van der Waals surface area contributed by atoms with Gasteiger partial charge in [-0.1, -0.05) is 294 Å². The number of ether oxygens (including phenoxy) is 4. The molecule has 494 valence electrons. The van der Waals surface area contributed by atoms with Crippen LogP contribution in [0.1, 0.15) is 309 Å². The van der Waals surface area contributed by atoms with Gasteiger partial charge in [-0.3, -0.25) is 4.79 Å². The zero-order valence-electron chi connectivity index (χ0n) is 53.7. The molecule has 1 amide bonds. The van der Waals surface area contributed by atoms with Crippen molar-refractivity contribution in [3.63, 3.8) is 0 Å². The molecule has 0 aromatic heterocycles. The highest BCUT2D eigenvalue weighted by atomic mass is 16.7.